The smallest absolute Gasteiger partial charge is 0.410 e. The minimum absolute atomic E-state index is 0.000929. The van der Waals surface area contributed by atoms with E-state index in [4.69, 9.17) is 55.7 Å². The summed E-state index contributed by atoms with van der Waals surface area (Å²) in [6.07, 6.45) is -9.34. The number of imidazole rings is 1. The standard InChI is InChI=1S/C98H140ClFN16O23/c1-17-55(9)82(72(134-15)47-76(120)116-37-21-24-70(116)88(135-16)56(10)91(127)105-57(11)84(123)60-22-19-18-20-23-60)113(13)96(132)80(52(4)5)112-95(131)81(53(6)7)114(14)98(133)137-50-59-25-27-67(71(44-59)138-97-87(126)86(125)85(124)73(49-117)139-97)110-92(128)58(12)106-94(130)79(51(2)3)111-93(129)68(29-30-77(121)122)107-75(119)34-41-136-40-33-74(118)102-35-36-103-89-78(90-108-66-28-26-62(99)46-69(66)109-90)83(115-38-31-64(101)32-39-115)65(48-104-89)61-42-54(8)43-63(100)45-61/h18-20,22-23,25-28,42-46,48,51-53,55-58,64,68,70,72-73,79-82,84-88,97,117,123-126H,17,21,24,29-41,47,49-50,101H2,1-16H3,(H,102,118)(H,103,104)(H,105,127)(H,106,130)(H,107,119)(H,108,109)(H,110,128)(H,111,129)(H,112,131)(H,121,122)/t55-,56+,57+,58-,68-,70-,72+,73+,79-,80-,81-,82-,84+,85+,86-,87+,88+,97+/m0/s1. The van der Waals surface area contributed by atoms with E-state index in [1.165, 1.54) is 63.4 Å². The van der Waals surface area contributed by atoms with Crippen LogP contribution >= 0.6 is 11.6 Å². The zero-order chi connectivity index (χ0) is 102. The summed E-state index contributed by atoms with van der Waals surface area (Å²) in [5, 5.41) is 86.2. The molecule has 3 aliphatic heterocycles. The van der Waals surface area contributed by atoms with E-state index in [2.05, 4.69) is 52.4 Å². The quantitative estimate of drug-likeness (QED) is 0.0185. The number of nitrogens with two attached hydrogens (primary N) is 1. The van der Waals surface area contributed by atoms with Gasteiger partial charge in [0, 0.05) is 103 Å². The molecule has 6 aromatic rings. The lowest BCUT2D eigenvalue weighted by molar-refractivity contribution is -0.277. The van der Waals surface area contributed by atoms with Crippen LogP contribution in [0, 0.1) is 42.3 Å². The third-order valence-corrected chi connectivity index (χ3v) is 26.0. The average Bonchev–Trinajstić information content (AvgIpc) is 1.71. The molecular weight excluding hydrogens is 1820 g/mol. The summed E-state index contributed by atoms with van der Waals surface area (Å²) in [4.78, 5) is 173. The monoisotopic (exact) mass is 1960 g/mol. The zero-order valence-electron chi connectivity index (χ0n) is 81.9. The van der Waals surface area contributed by atoms with Crippen molar-refractivity contribution in [3.63, 3.8) is 0 Å². The van der Waals surface area contributed by atoms with Gasteiger partial charge in [0.2, 0.25) is 59.5 Å². The molecule has 10 amide bonds. The molecule has 9 rings (SSSR count). The van der Waals surface area contributed by atoms with Crippen LogP contribution in [-0.4, -0.2) is 304 Å². The molecule has 2 aromatic heterocycles. The number of aryl methyl sites for hydroxylation is 1. The Morgan fingerprint density at radius 2 is 1.41 bits per heavy atom. The Morgan fingerprint density at radius 3 is 2.05 bits per heavy atom. The Balaban J connectivity index is 0.785. The van der Waals surface area contributed by atoms with Crippen molar-refractivity contribution >= 4 is 105 Å². The van der Waals surface area contributed by atoms with Gasteiger partial charge < -0.3 is 127 Å². The molecule has 3 fully saturated rings. The molecule has 41 heteroatoms. The lowest BCUT2D eigenvalue weighted by Crippen LogP contribution is -2.60. The molecule has 0 saturated carbocycles. The van der Waals surface area contributed by atoms with Crippen molar-refractivity contribution in [2.24, 2.45) is 35.3 Å². The maximum absolute atomic E-state index is 15.1. The van der Waals surface area contributed by atoms with Crippen molar-refractivity contribution < 1.29 is 116 Å². The van der Waals surface area contributed by atoms with Crippen molar-refractivity contribution in [3.8, 4) is 28.3 Å². The second-order valence-corrected chi connectivity index (χ2v) is 37.6. The summed E-state index contributed by atoms with van der Waals surface area (Å²) in [6.45, 7) is 20.6. The van der Waals surface area contributed by atoms with Gasteiger partial charge in [-0.15, -0.1) is 0 Å². The predicted octanol–water partition coefficient (Wildman–Crippen LogP) is 6.35. The number of anilines is 3. The zero-order valence-corrected chi connectivity index (χ0v) is 82.7. The fourth-order valence-corrected chi connectivity index (χ4v) is 17.9. The summed E-state index contributed by atoms with van der Waals surface area (Å²) in [5.74, 6) is -9.63. The maximum atomic E-state index is 15.1. The van der Waals surface area contributed by atoms with Gasteiger partial charge in [-0.25, -0.2) is 19.2 Å². The number of aliphatic hydroxyl groups is 5. The van der Waals surface area contributed by atoms with Crippen molar-refractivity contribution in [3.05, 3.63) is 119 Å². The minimum Gasteiger partial charge on any atom is -0.481 e. The van der Waals surface area contributed by atoms with Crippen molar-refractivity contribution in [2.45, 2.75) is 257 Å². The Kier molecular flexibility index (Phi) is 41.9. The largest absolute Gasteiger partial charge is 0.481 e. The number of aliphatic hydroxyl groups excluding tert-OH is 5. The first-order chi connectivity index (χ1) is 66.0. The van der Waals surface area contributed by atoms with Gasteiger partial charge >= 0.3 is 12.1 Å². The first-order valence-electron chi connectivity index (χ1n) is 47.4. The summed E-state index contributed by atoms with van der Waals surface area (Å²) in [6, 6.07) is 14.4. The SMILES string of the molecule is CC[C@H](C)[C@@H]([C@@H](CC(=O)N1CCC[C@H]1[C@H](OC)[C@@H](C)C(=O)N[C@H](C)[C@@H](O)c1ccccc1)OC)N(C)C(=O)[C@@H](NC(=O)[C@H](C(C)C)N(C)C(=O)OCc1ccc(NC(=O)[C@H](C)NC(=O)[C@@H](NC(=O)[C@H](CCC(=O)O)NC(=O)CCOCCC(=O)NCCNc2ncc(-c3cc(C)cc(F)c3)c(N3CCC(N)CC3)c2-c2nc3ccc(Cl)cc3[nH]2)C(C)C)c(O[C@@H]2O[C@H](CO)[C@@H](O)[C@H](O)[C@H]2O)c1)C(C)C. The molecule has 39 nitrogen and oxygen atoms in total. The van der Waals surface area contributed by atoms with E-state index in [9.17, 15) is 78.6 Å². The fraction of sp³-hybridized carbons (Fsp3) is 0.582. The molecule has 4 aromatic carbocycles. The van der Waals surface area contributed by atoms with Crippen LogP contribution in [0.2, 0.25) is 5.02 Å². The first-order valence-corrected chi connectivity index (χ1v) is 47.8. The van der Waals surface area contributed by atoms with Gasteiger partial charge in [-0.3, -0.25) is 52.8 Å². The average molecular weight is 1960 g/mol. The number of H-pyrrole nitrogens is 1. The van der Waals surface area contributed by atoms with Crippen molar-refractivity contribution in [1.82, 2.24) is 61.6 Å². The molecule has 764 valence electrons. The first kappa shape index (κ1) is 111. The third-order valence-electron chi connectivity index (χ3n) is 25.8. The number of nitrogens with one attached hydrogen (secondary N) is 9. The second-order valence-electron chi connectivity index (χ2n) is 37.2. The van der Waals surface area contributed by atoms with Crippen LogP contribution in [0.15, 0.2) is 91.1 Å². The lowest BCUT2D eigenvalue weighted by atomic mass is 9.89. The number of nitrogens with zero attached hydrogens (tertiary/aromatic N) is 6. The van der Waals surface area contributed by atoms with Gasteiger partial charge in [-0.1, -0.05) is 123 Å². The fourth-order valence-electron chi connectivity index (χ4n) is 17.7. The van der Waals surface area contributed by atoms with E-state index in [1.807, 2.05) is 32.9 Å². The van der Waals surface area contributed by atoms with Gasteiger partial charge in [-0.05, 0) is 141 Å². The third kappa shape index (κ3) is 29.9. The highest BCUT2D eigenvalue weighted by Gasteiger charge is 2.48. The molecule has 17 N–H and O–H groups in total. The summed E-state index contributed by atoms with van der Waals surface area (Å²) in [7, 11) is 5.87. The van der Waals surface area contributed by atoms with Gasteiger partial charge in [0.1, 0.15) is 84.4 Å². The molecule has 139 heavy (non-hydrogen) atoms. The van der Waals surface area contributed by atoms with Crippen LogP contribution < -0.4 is 57.9 Å². The topological polar surface area (TPSA) is 541 Å². The molecule has 0 unspecified atom stereocenters. The van der Waals surface area contributed by atoms with E-state index >= 15 is 9.18 Å². The molecule has 0 radical (unpaired) electrons. The molecule has 0 aliphatic carbocycles. The number of methoxy groups -OCH3 is 2. The van der Waals surface area contributed by atoms with E-state index in [1.54, 1.807) is 116 Å². The molecule has 3 aliphatic rings. The number of carbonyl (C=O) groups is 11. The number of likely N-dealkylation sites (tertiary alicyclic amines) is 1. The summed E-state index contributed by atoms with van der Waals surface area (Å²) >= 11 is 6.40. The second kappa shape index (κ2) is 52.3. The van der Waals surface area contributed by atoms with Gasteiger partial charge in [0.25, 0.3) is 0 Å². The Labute approximate surface area is 814 Å². The molecule has 3 saturated heterocycles. The molecule has 18 atom stereocenters. The number of aliphatic carboxylic acids is 1. The maximum Gasteiger partial charge on any atom is 0.410 e. The number of carbonyl (C=O) groups excluding carboxylic acids is 10. The summed E-state index contributed by atoms with van der Waals surface area (Å²) < 4.78 is 50.4. The number of carboxylic acids is 1. The number of piperidine rings is 1. The van der Waals surface area contributed by atoms with Gasteiger partial charge in [0.05, 0.1) is 96.6 Å². The highest BCUT2D eigenvalue weighted by molar-refractivity contribution is 6.31. The number of hydrogen-bond acceptors (Lipinski definition) is 27. The van der Waals surface area contributed by atoms with Gasteiger partial charge in [-0.2, -0.15) is 0 Å². The Bertz CT molecular complexity index is 5150. The van der Waals surface area contributed by atoms with Crippen molar-refractivity contribution in [2.75, 3.05) is 96.4 Å². The number of pyridine rings is 1. The molecule has 0 bridgehead atoms. The van der Waals surface area contributed by atoms with E-state index < -0.39 is 200 Å². The van der Waals surface area contributed by atoms with Crippen LogP contribution in [0.4, 0.5) is 26.4 Å². The number of fused-ring (bicyclic) bond motifs is 1. The number of aromatic nitrogens is 3. The number of ether oxygens (including phenoxy) is 6. The number of amides is 10. The van der Waals surface area contributed by atoms with E-state index in [0.717, 1.165) is 16.2 Å². The van der Waals surface area contributed by atoms with Crippen molar-refractivity contribution in [1.29, 1.82) is 0 Å². The minimum atomic E-state index is -1.97. The number of likely N-dealkylation sites (N-methyl/N-ethyl adjacent to an activating group) is 2. The van der Waals surface area contributed by atoms with Crippen LogP contribution in [-0.2, 0) is 78.2 Å². The number of benzene rings is 4. The lowest BCUT2D eigenvalue weighted by Gasteiger charge is -2.41. The normalized spacial score (nSPS) is 19.4. The Morgan fingerprint density at radius 1 is 0.727 bits per heavy atom. The molecular formula is C98H140ClFN16O23. The van der Waals surface area contributed by atoms with Gasteiger partial charge in [0.15, 0.2) is 0 Å². The number of rotatable bonds is 49. The number of halogens is 2. The van der Waals surface area contributed by atoms with Crippen LogP contribution in [0.1, 0.15) is 163 Å². The number of aromatic amines is 1. The molecule has 0 spiro atoms. The van der Waals surface area contributed by atoms with Crippen LogP contribution in [0.25, 0.3) is 33.5 Å². The number of carboxylic acid groups (broad SMARTS) is 1. The summed E-state index contributed by atoms with van der Waals surface area (Å²) in [5.41, 5.74) is 11.7. The Hall–Kier alpha value is -11.3. The predicted molar refractivity (Wildman–Crippen MR) is 517 cm³/mol. The molecule has 5 heterocycles. The van der Waals surface area contributed by atoms with E-state index in [0.29, 0.717) is 102 Å². The number of hydrogen-bond donors (Lipinski definition) is 16. The van der Waals surface area contributed by atoms with E-state index in [-0.39, 0.29) is 92.2 Å². The van der Waals surface area contributed by atoms with Crippen LogP contribution in [0.3, 0.4) is 0 Å². The highest BCUT2D eigenvalue weighted by atomic mass is 35.5. The highest BCUT2D eigenvalue weighted by Crippen LogP contribution is 2.45. The van der Waals surface area contributed by atoms with Crippen LogP contribution in [0.5, 0.6) is 5.75 Å².